The summed E-state index contributed by atoms with van der Waals surface area (Å²) in [6.07, 6.45) is 3.72. The van der Waals surface area contributed by atoms with E-state index in [4.69, 9.17) is 16.3 Å². The number of nitrogens with one attached hydrogen (secondary N) is 1. The Kier molecular flexibility index (Phi) is 5.16. The van der Waals surface area contributed by atoms with Crippen LogP contribution in [0.2, 0.25) is 5.15 Å². The highest BCUT2D eigenvalue weighted by atomic mass is 35.5. The Bertz CT molecular complexity index is 325. The smallest absolute Gasteiger partial charge is 0.151 e. The first-order chi connectivity index (χ1) is 8.34. The van der Waals surface area contributed by atoms with E-state index in [1.54, 1.807) is 6.07 Å². The fourth-order valence-corrected chi connectivity index (χ4v) is 2.12. The molecule has 0 saturated carbocycles. The number of hydrogen-bond acceptors (Lipinski definition) is 4. The van der Waals surface area contributed by atoms with Gasteiger partial charge in [0.05, 0.1) is 12.3 Å². The van der Waals surface area contributed by atoms with Gasteiger partial charge < -0.3 is 10.1 Å². The lowest BCUT2D eigenvalue weighted by Gasteiger charge is -2.22. The average Bonchev–Trinajstić information content (AvgIpc) is 2.38. The summed E-state index contributed by atoms with van der Waals surface area (Å²) in [5.74, 6) is 0.764. The molecule has 0 radical (unpaired) electrons. The lowest BCUT2D eigenvalue weighted by molar-refractivity contribution is 0.101. The second-order valence-corrected chi connectivity index (χ2v) is 4.79. The van der Waals surface area contributed by atoms with E-state index in [-0.39, 0.29) is 0 Å². The van der Waals surface area contributed by atoms with E-state index in [1.165, 1.54) is 12.8 Å². The molecule has 1 atom stereocenters. The molecule has 1 fully saturated rings. The van der Waals surface area contributed by atoms with E-state index in [9.17, 15) is 0 Å². The number of aromatic nitrogens is 2. The minimum absolute atomic E-state index is 0.419. The van der Waals surface area contributed by atoms with E-state index in [1.807, 2.05) is 6.07 Å². The normalized spacial score (nSPS) is 20.4. The Morgan fingerprint density at radius 1 is 1.41 bits per heavy atom. The van der Waals surface area contributed by atoms with Crippen LogP contribution in [0.5, 0.6) is 0 Å². The molecule has 0 aliphatic carbocycles. The molecule has 17 heavy (non-hydrogen) atoms. The molecule has 2 rings (SSSR count). The molecule has 0 amide bonds. The first-order valence-electron chi connectivity index (χ1n) is 6.11. The molecule has 5 heteroatoms. The van der Waals surface area contributed by atoms with Crippen molar-refractivity contribution in [1.29, 1.82) is 0 Å². The van der Waals surface area contributed by atoms with Crippen LogP contribution in [-0.4, -0.2) is 29.9 Å². The van der Waals surface area contributed by atoms with Crippen LogP contribution < -0.4 is 5.32 Å². The standard InChI is InChI=1S/C12H18ClN3O/c13-12-4-3-11(15-16-12)9-17-7-5-10-2-1-6-14-8-10/h3-4,10,14H,1-2,5-9H2/t10-/m1/s1. The second kappa shape index (κ2) is 6.89. The first-order valence-corrected chi connectivity index (χ1v) is 6.49. The highest BCUT2D eigenvalue weighted by molar-refractivity contribution is 6.29. The van der Waals surface area contributed by atoms with Gasteiger partial charge >= 0.3 is 0 Å². The summed E-state index contributed by atoms with van der Waals surface area (Å²) in [5.41, 5.74) is 0.830. The summed E-state index contributed by atoms with van der Waals surface area (Å²) in [6.45, 7) is 3.60. The molecule has 1 N–H and O–H groups in total. The van der Waals surface area contributed by atoms with Gasteiger partial charge in [-0.15, -0.1) is 5.10 Å². The Morgan fingerprint density at radius 2 is 2.35 bits per heavy atom. The number of halogens is 1. The van der Waals surface area contributed by atoms with Crippen LogP contribution in [-0.2, 0) is 11.3 Å². The Hall–Kier alpha value is -0.710. The van der Waals surface area contributed by atoms with Crippen LogP contribution in [0.25, 0.3) is 0 Å². The predicted molar refractivity (Wildman–Crippen MR) is 66.9 cm³/mol. The summed E-state index contributed by atoms with van der Waals surface area (Å²) in [6, 6.07) is 3.58. The van der Waals surface area contributed by atoms with Gasteiger partial charge in [0.1, 0.15) is 0 Å². The zero-order valence-corrected chi connectivity index (χ0v) is 10.6. The van der Waals surface area contributed by atoms with Crippen LogP contribution >= 0.6 is 11.6 Å². The SMILES string of the molecule is Clc1ccc(COCC[C@H]2CCCNC2)nn1. The third-order valence-corrected chi connectivity index (χ3v) is 3.21. The maximum atomic E-state index is 5.65. The maximum Gasteiger partial charge on any atom is 0.151 e. The summed E-state index contributed by atoms with van der Waals surface area (Å²) in [4.78, 5) is 0. The van der Waals surface area contributed by atoms with Gasteiger partial charge in [0.15, 0.2) is 5.15 Å². The van der Waals surface area contributed by atoms with Crippen molar-refractivity contribution in [3.8, 4) is 0 Å². The number of ether oxygens (including phenoxy) is 1. The molecule has 94 valence electrons. The van der Waals surface area contributed by atoms with Crippen LogP contribution in [0.3, 0.4) is 0 Å². The molecular formula is C12H18ClN3O. The number of rotatable bonds is 5. The summed E-state index contributed by atoms with van der Waals surface area (Å²) < 4.78 is 5.59. The molecule has 1 aromatic rings. The van der Waals surface area contributed by atoms with Crippen molar-refractivity contribution >= 4 is 11.6 Å². The topological polar surface area (TPSA) is 47.0 Å². The van der Waals surface area contributed by atoms with E-state index in [0.717, 1.165) is 37.7 Å². The van der Waals surface area contributed by atoms with E-state index < -0.39 is 0 Å². The van der Waals surface area contributed by atoms with Gasteiger partial charge in [0.25, 0.3) is 0 Å². The molecule has 1 aliphatic heterocycles. The largest absolute Gasteiger partial charge is 0.375 e. The van der Waals surface area contributed by atoms with Gasteiger partial charge in [-0.3, -0.25) is 0 Å². The third-order valence-electron chi connectivity index (χ3n) is 3.01. The average molecular weight is 256 g/mol. The Balaban J connectivity index is 1.60. The highest BCUT2D eigenvalue weighted by Gasteiger charge is 2.12. The third kappa shape index (κ3) is 4.58. The molecule has 1 aliphatic rings. The monoisotopic (exact) mass is 255 g/mol. The first kappa shape index (κ1) is 12.7. The molecule has 0 unspecified atom stereocenters. The zero-order chi connectivity index (χ0) is 11.9. The Labute approximate surface area is 107 Å². The van der Waals surface area contributed by atoms with E-state index in [2.05, 4.69) is 15.5 Å². The summed E-state index contributed by atoms with van der Waals surface area (Å²) in [5, 5.41) is 11.5. The van der Waals surface area contributed by atoms with Crippen molar-refractivity contribution in [3.05, 3.63) is 23.0 Å². The Morgan fingerprint density at radius 3 is 3.06 bits per heavy atom. The van der Waals surface area contributed by atoms with Crippen molar-refractivity contribution in [1.82, 2.24) is 15.5 Å². The molecule has 1 aromatic heterocycles. The quantitative estimate of drug-likeness (QED) is 0.818. The minimum atomic E-state index is 0.419. The number of piperidine rings is 1. The van der Waals surface area contributed by atoms with Gasteiger partial charge in [-0.1, -0.05) is 11.6 Å². The highest BCUT2D eigenvalue weighted by Crippen LogP contribution is 2.14. The predicted octanol–water partition coefficient (Wildman–Crippen LogP) is 2.04. The van der Waals surface area contributed by atoms with Gasteiger partial charge in [-0.2, -0.15) is 5.10 Å². The van der Waals surface area contributed by atoms with Crippen molar-refractivity contribution in [2.45, 2.75) is 25.9 Å². The fraction of sp³-hybridized carbons (Fsp3) is 0.667. The van der Waals surface area contributed by atoms with Gasteiger partial charge in [-0.05, 0) is 50.4 Å². The zero-order valence-electron chi connectivity index (χ0n) is 9.86. The molecule has 4 nitrogen and oxygen atoms in total. The summed E-state index contributed by atoms with van der Waals surface area (Å²) in [7, 11) is 0. The fourth-order valence-electron chi connectivity index (χ4n) is 2.02. The molecule has 0 aromatic carbocycles. The van der Waals surface area contributed by atoms with Crippen LogP contribution in [0.1, 0.15) is 25.0 Å². The van der Waals surface area contributed by atoms with Crippen LogP contribution in [0.4, 0.5) is 0 Å². The van der Waals surface area contributed by atoms with Crippen molar-refractivity contribution < 1.29 is 4.74 Å². The maximum absolute atomic E-state index is 5.65. The van der Waals surface area contributed by atoms with Gasteiger partial charge in [0, 0.05) is 6.61 Å². The molecule has 0 spiro atoms. The molecular weight excluding hydrogens is 238 g/mol. The van der Waals surface area contributed by atoms with Gasteiger partial charge in [-0.25, -0.2) is 0 Å². The minimum Gasteiger partial charge on any atom is -0.375 e. The van der Waals surface area contributed by atoms with Crippen molar-refractivity contribution in [2.75, 3.05) is 19.7 Å². The van der Waals surface area contributed by atoms with Crippen molar-refractivity contribution in [3.63, 3.8) is 0 Å². The number of hydrogen-bond donors (Lipinski definition) is 1. The van der Waals surface area contributed by atoms with Crippen LogP contribution in [0, 0.1) is 5.92 Å². The van der Waals surface area contributed by atoms with E-state index in [0.29, 0.717) is 11.8 Å². The van der Waals surface area contributed by atoms with Gasteiger partial charge in [0.2, 0.25) is 0 Å². The lowest BCUT2D eigenvalue weighted by Crippen LogP contribution is -2.30. The lowest BCUT2D eigenvalue weighted by atomic mass is 9.97. The molecule has 2 heterocycles. The van der Waals surface area contributed by atoms with E-state index >= 15 is 0 Å². The van der Waals surface area contributed by atoms with Crippen molar-refractivity contribution in [2.24, 2.45) is 5.92 Å². The second-order valence-electron chi connectivity index (χ2n) is 4.40. The molecule has 1 saturated heterocycles. The molecule has 0 bridgehead atoms. The summed E-state index contributed by atoms with van der Waals surface area (Å²) >= 11 is 5.65. The number of nitrogens with zero attached hydrogens (tertiary/aromatic N) is 2. The van der Waals surface area contributed by atoms with Crippen LogP contribution in [0.15, 0.2) is 12.1 Å².